The van der Waals surface area contributed by atoms with Gasteiger partial charge in [0.05, 0.1) is 0 Å². The normalized spacial score (nSPS) is 16.2. The van der Waals surface area contributed by atoms with Gasteiger partial charge in [-0.2, -0.15) is 61.5 Å². The Bertz CT molecular complexity index is 496. The van der Waals surface area contributed by atoms with E-state index in [2.05, 4.69) is 0 Å². The van der Waals surface area contributed by atoms with Crippen LogP contribution in [0.15, 0.2) is 0 Å². The van der Waals surface area contributed by atoms with E-state index >= 15 is 0 Å². The van der Waals surface area contributed by atoms with Gasteiger partial charge in [-0.3, -0.25) is 0 Å². The third-order valence-electron chi connectivity index (χ3n) is 3.04. The Morgan fingerprint density at radius 3 is 1.15 bits per heavy atom. The third kappa shape index (κ3) is 3.55. The van der Waals surface area contributed by atoms with Crippen molar-refractivity contribution in [3.8, 4) is 0 Å². The maximum Gasteiger partial charge on any atom is 0.387 e. The average Bonchev–Trinajstić information content (AvgIpc) is 2.42. The van der Waals surface area contributed by atoms with Gasteiger partial charge < -0.3 is 5.11 Å². The van der Waals surface area contributed by atoms with Crippen LogP contribution in [0.25, 0.3) is 0 Å². The second-order valence-electron chi connectivity index (χ2n) is 4.90. The first-order valence-electron chi connectivity index (χ1n) is 6.00. The quantitative estimate of drug-likeness (QED) is 0.231. The van der Waals surface area contributed by atoms with Crippen molar-refractivity contribution < 1.29 is 66.6 Å². The molecule has 1 N–H and O–H groups in total. The van der Waals surface area contributed by atoms with Crippen LogP contribution in [0.4, 0.5) is 61.5 Å². The van der Waals surface area contributed by atoms with E-state index in [9.17, 15) is 61.5 Å². The van der Waals surface area contributed by atoms with Gasteiger partial charge in [0.2, 0.25) is 0 Å². The van der Waals surface area contributed by atoms with Gasteiger partial charge in [-0.05, 0) is 6.42 Å². The fraction of sp³-hybridized carbons (Fsp3) is 1.00. The second kappa shape index (κ2) is 6.95. The summed E-state index contributed by atoms with van der Waals surface area (Å²) in [5.74, 6) is -44.6. The Balaban J connectivity index is 6.33. The summed E-state index contributed by atoms with van der Waals surface area (Å²) >= 11 is -0.837. The predicted octanol–water partition coefficient (Wildman–Crippen LogP) is 5.60. The Labute approximate surface area is 148 Å². The fourth-order valence-electron chi connectivity index (χ4n) is 1.46. The Kier molecular flexibility index (Phi) is 6.87. The number of aliphatic hydroxyl groups excluding tert-OH is 1. The number of aliphatic hydroxyl groups is 1. The van der Waals surface area contributed by atoms with Gasteiger partial charge in [-0.1, -0.05) is 0 Å². The van der Waals surface area contributed by atoms with E-state index in [1.165, 1.54) is 0 Å². The highest BCUT2D eigenvalue weighted by Gasteiger charge is 2.92. The first-order valence-corrected chi connectivity index (χ1v) is 7.08. The SMILES string of the molecule is OCCCC(F)(F)C(F)(F)C(F)(F)C(F)(F)C(F)(F)C(F)(F)C(F)(F)I. The van der Waals surface area contributed by atoms with Gasteiger partial charge in [0.25, 0.3) is 0 Å². The Morgan fingerprint density at radius 1 is 0.538 bits per heavy atom. The number of alkyl halides is 15. The first-order chi connectivity index (χ1) is 11.1. The fourth-order valence-corrected chi connectivity index (χ4v) is 1.80. The monoisotopic (exact) mass is 536 g/mol. The molecule has 0 bridgehead atoms. The Hall–Kier alpha value is -0.290. The number of hydrogen-bond acceptors (Lipinski definition) is 1. The lowest BCUT2D eigenvalue weighted by Gasteiger charge is -2.42. The van der Waals surface area contributed by atoms with E-state index in [1.807, 2.05) is 0 Å². The molecule has 0 saturated carbocycles. The van der Waals surface area contributed by atoms with E-state index in [0.717, 1.165) is 0 Å². The molecule has 0 unspecified atom stereocenters. The molecule has 0 aliphatic heterocycles. The van der Waals surface area contributed by atoms with Crippen molar-refractivity contribution in [1.82, 2.24) is 0 Å². The largest absolute Gasteiger partial charge is 0.396 e. The summed E-state index contributed by atoms with van der Waals surface area (Å²) < 4.78 is 176. The summed E-state index contributed by atoms with van der Waals surface area (Å²) in [5, 5.41) is 8.17. The molecule has 0 saturated heterocycles. The van der Waals surface area contributed by atoms with Crippen molar-refractivity contribution in [3.63, 3.8) is 0 Å². The zero-order valence-electron chi connectivity index (χ0n) is 11.7. The van der Waals surface area contributed by atoms with Crippen LogP contribution in [-0.2, 0) is 0 Å². The summed E-state index contributed by atoms with van der Waals surface area (Å²) in [5.41, 5.74) is 0. The minimum atomic E-state index is -8.02. The summed E-state index contributed by atoms with van der Waals surface area (Å²) in [4.78, 5) is 0. The van der Waals surface area contributed by atoms with E-state index < -0.39 is 81.5 Å². The van der Waals surface area contributed by atoms with Crippen LogP contribution in [-0.4, -0.2) is 51.2 Å². The number of halogens is 15. The molecule has 16 heteroatoms. The zero-order chi connectivity index (χ0) is 21.6. The lowest BCUT2D eigenvalue weighted by Crippen LogP contribution is -2.72. The predicted molar refractivity (Wildman–Crippen MR) is 65.0 cm³/mol. The summed E-state index contributed by atoms with van der Waals surface area (Å²) in [6, 6.07) is 0. The van der Waals surface area contributed by atoms with Crippen LogP contribution in [0.2, 0.25) is 0 Å². The van der Waals surface area contributed by atoms with Crippen LogP contribution >= 0.6 is 22.6 Å². The van der Waals surface area contributed by atoms with E-state index in [0.29, 0.717) is 0 Å². The van der Waals surface area contributed by atoms with Crippen LogP contribution in [0.5, 0.6) is 0 Å². The van der Waals surface area contributed by atoms with Crippen molar-refractivity contribution in [2.24, 2.45) is 0 Å². The molecule has 0 aromatic heterocycles. The molecule has 1 nitrogen and oxygen atoms in total. The third-order valence-corrected chi connectivity index (χ3v) is 3.72. The van der Waals surface area contributed by atoms with Crippen molar-refractivity contribution in [3.05, 3.63) is 0 Å². The van der Waals surface area contributed by atoms with Crippen LogP contribution in [0.1, 0.15) is 12.8 Å². The molecule has 0 aliphatic rings. The first kappa shape index (κ1) is 25.7. The Morgan fingerprint density at radius 2 is 0.846 bits per heavy atom. The topological polar surface area (TPSA) is 20.2 Å². The lowest BCUT2D eigenvalue weighted by molar-refractivity contribution is -0.434. The smallest absolute Gasteiger partial charge is 0.387 e. The molecule has 0 rings (SSSR count). The molecule has 26 heavy (non-hydrogen) atoms. The molecule has 0 heterocycles. The maximum absolute atomic E-state index is 13.2. The van der Waals surface area contributed by atoms with Crippen LogP contribution in [0.3, 0.4) is 0 Å². The highest BCUT2D eigenvalue weighted by molar-refractivity contribution is 14.1. The van der Waals surface area contributed by atoms with Crippen molar-refractivity contribution >= 4 is 22.6 Å². The molecule has 0 spiro atoms. The summed E-state index contributed by atoms with van der Waals surface area (Å²) in [7, 11) is 0. The molecule has 0 atom stereocenters. The highest BCUT2D eigenvalue weighted by Crippen LogP contribution is 2.63. The molecular formula is C10H7F14IO. The zero-order valence-corrected chi connectivity index (χ0v) is 13.9. The van der Waals surface area contributed by atoms with Crippen molar-refractivity contribution in [1.29, 1.82) is 0 Å². The molecule has 0 aromatic carbocycles. The van der Waals surface area contributed by atoms with Gasteiger partial charge in [0.1, 0.15) is 0 Å². The maximum atomic E-state index is 13.2. The molecule has 0 aliphatic carbocycles. The average molecular weight is 536 g/mol. The standard InChI is InChI=1S/C10H7F14IO/c11-4(12,2-1-3-26)5(13,14)6(15,16)7(17,18)8(19,20)9(21,22)10(23,24)25/h26H,1-3H2. The number of rotatable bonds is 9. The molecule has 0 aromatic rings. The van der Waals surface area contributed by atoms with E-state index in [4.69, 9.17) is 5.11 Å². The lowest BCUT2D eigenvalue weighted by atomic mass is 9.90. The van der Waals surface area contributed by atoms with Gasteiger partial charge in [0, 0.05) is 35.6 Å². The molecular weight excluding hydrogens is 529 g/mol. The van der Waals surface area contributed by atoms with Gasteiger partial charge >= 0.3 is 39.5 Å². The number of hydrogen-bond donors (Lipinski definition) is 1. The molecule has 0 radical (unpaired) electrons. The van der Waals surface area contributed by atoms with Crippen LogP contribution in [0, 0.1) is 0 Å². The van der Waals surface area contributed by atoms with Crippen molar-refractivity contribution in [2.75, 3.05) is 6.61 Å². The van der Waals surface area contributed by atoms with Gasteiger partial charge in [-0.25, -0.2) is 0 Å². The van der Waals surface area contributed by atoms with Crippen molar-refractivity contribution in [2.45, 2.75) is 52.3 Å². The minimum Gasteiger partial charge on any atom is -0.396 e. The minimum absolute atomic E-state index is 0.837. The summed E-state index contributed by atoms with van der Waals surface area (Å²) in [6.07, 6.45) is -3.81. The highest BCUT2D eigenvalue weighted by atomic mass is 127. The molecule has 0 fully saturated rings. The van der Waals surface area contributed by atoms with Gasteiger partial charge in [0.15, 0.2) is 0 Å². The second-order valence-corrected chi connectivity index (χ2v) is 6.26. The van der Waals surface area contributed by atoms with E-state index in [-0.39, 0.29) is 0 Å². The van der Waals surface area contributed by atoms with Crippen LogP contribution < -0.4 is 0 Å². The molecule has 158 valence electrons. The van der Waals surface area contributed by atoms with Gasteiger partial charge in [-0.15, -0.1) is 0 Å². The molecule has 0 amide bonds. The summed E-state index contributed by atoms with van der Waals surface area (Å²) in [6.45, 7) is -1.33. The van der Waals surface area contributed by atoms with E-state index in [1.54, 1.807) is 0 Å².